The molecule has 0 saturated heterocycles. The number of hydrogen-bond donors (Lipinski definition) is 3. The fourth-order valence-corrected chi connectivity index (χ4v) is 1.85. The largest absolute Gasteiger partial charge is 0.506 e. The summed E-state index contributed by atoms with van der Waals surface area (Å²) >= 11 is 0. The number of phenolic OH excluding ortho intramolecular Hbond substituents is 1. The summed E-state index contributed by atoms with van der Waals surface area (Å²) in [6, 6.07) is 12.4. The molecule has 0 aliphatic carbocycles. The van der Waals surface area contributed by atoms with E-state index in [4.69, 9.17) is 0 Å². The molecular weight excluding hydrogens is 252 g/mol. The van der Waals surface area contributed by atoms with E-state index in [-0.39, 0.29) is 11.7 Å². The lowest BCUT2D eigenvalue weighted by molar-refractivity contribution is 0.102. The van der Waals surface area contributed by atoms with Gasteiger partial charge in [-0.25, -0.2) is 0 Å². The number of rotatable bonds is 4. The van der Waals surface area contributed by atoms with Gasteiger partial charge in [0.2, 0.25) is 0 Å². The molecule has 4 nitrogen and oxygen atoms in total. The van der Waals surface area contributed by atoms with Crippen molar-refractivity contribution in [2.45, 2.75) is 13.8 Å². The van der Waals surface area contributed by atoms with Crippen molar-refractivity contribution < 1.29 is 9.90 Å². The predicted octanol–water partition coefficient (Wildman–Crippen LogP) is 3.38. The zero-order chi connectivity index (χ0) is 14.5. The summed E-state index contributed by atoms with van der Waals surface area (Å²) in [5.74, 6) is -0.194. The molecule has 0 saturated carbocycles. The van der Waals surface area contributed by atoms with Crippen LogP contribution < -0.4 is 10.6 Å². The number of phenols is 1. The number of carbonyl (C=O) groups is 1. The highest BCUT2D eigenvalue weighted by Gasteiger charge is 2.09. The molecule has 1 amide bonds. The minimum atomic E-state index is -0.239. The van der Waals surface area contributed by atoms with Gasteiger partial charge in [0.15, 0.2) is 0 Å². The van der Waals surface area contributed by atoms with Crippen LogP contribution in [0.2, 0.25) is 0 Å². The Kier molecular flexibility index (Phi) is 4.25. The molecule has 3 N–H and O–H groups in total. The van der Waals surface area contributed by atoms with Gasteiger partial charge in [-0.2, -0.15) is 0 Å². The molecule has 2 rings (SSSR count). The van der Waals surface area contributed by atoms with Crippen molar-refractivity contribution >= 4 is 17.3 Å². The SMILES string of the molecule is CCNc1ccc(NC(=O)c2ccc(C)cc2)c(O)c1. The molecule has 104 valence electrons. The Bertz CT molecular complexity index is 606. The lowest BCUT2D eigenvalue weighted by Gasteiger charge is -2.10. The fraction of sp³-hybridized carbons (Fsp3) is 0.188. The summed E-state index contributed by atoms with van der Waals surface area (Å²) < 4.78 is 0. The highest BCUT2D eigenvalue weighted by atomic mass is 16.3. The van der Waals surface area contributed by atoms with E-state index in [9.17, 15) is 9.90 Å². The number of hydrogen-bond acceptors (Lipinski definition) is 3. The number of aromatic hydroxyl groups is 1. The third-order valence-corrected chi connectivity index (χ3v) is 2.94. The predicted molar refractivity (Wildman–Crippen MR) is 81.4 cm³/mol. The molecular formula is C16H18N2O2. The van der Waals surface area contributed by atoms with Crippen LogP contribution in [0.4, 0.5) is 11.4 Å². The number of aryl methyl sites for hydroxylation is 1. The molecule has 0 spiro atoms. The van der Waals surface area contributed by atoms with Gasteiger partial charge >= 0.3 is 0 Å². The Hall–Kier alpha value is -2.49. The zero-order valence-corrected chi connectivity index (χ0v) is 11.6. The van der Waals surface area contributed by atoms with Gasteiger partial charge in [0.25, 0.3) is 5.91 Å². The van der Waals surface area contributed by atoms with Crippen LogP contribution in [0.3, 0.4) is 0 Å². The Balaban J connectivity index is 2.13. The Morgan fingerprint density at radius 2 is 1.85 bits per heavy atom. The lowest BCUT2D eigenvalue weighted by atomic mass is 10.1. The van der Waals surface area contributed by atoms with Gasteiger partial charge in [0.05, 0.1) is 5.69 Å². The normalized spacial score (nSPS) is 10.1. The van der Waals surface area contributed by atoms with Crippen molar-refractivity contribution in [1.29, 1.82) is 0 Å². The van der Waals surface area contributed by atoms with E-state index in [1.54, 1.807) is 24.3 Å². The molecule has 0 aliphatic heterocycles. The van der Waals surface area contributed by atoms with Gasteiger partial charge in [-0.15, -0.1) is 0 Å². The molecule has 20 heavy (non-hydrogen) atoms. The third kappa shape index (κ3) is 3.29. The van der Waals surface area contributed by atoms with Crippen LogP contribution >= 0.6 is 0 Å². The van der Waals surface area contributed by atoms with E-state index in [1.165, 1.54) is 0 Å². The maximum absolute atomic E-state index is 12.1. The minimum Gasteiger partial charge on any atom is -0.506 e. The first-order chi connectivity index (χ1) is 9.60. The van der Waals surface area contributed by atoms with Crippen LogP contribution in [0.1, 0.15) is 22.8 Å². The van der Waals surface area contributed by atoms with Crippen LogP contribution in [-0.2, 0) is 0 Å². The number of benzene rings is 2. The van der Waals surface area contributed by atoms with E-state index in [2.05, 4.69) is 10.6 Å². The summed E-state index contributed by atoms with van der Waals surface area (Å²) in [5.41, 5.74) is 2.88. The van der Waals surface area contributed by atoms with Gasteiger partial charge in [-0.1, -0.05) is 17.7 Å². The van der Waals surface area contributed by atoms with E-state index in [0.717, 1.165) is 17.8 Å². The Morgan fingerprint density at radius 3 is 2.45 bits per heavy atom. The topological polar surface area (TPSA) is 61.4 Å². The molecule has 0 fully saturated rings. The van der Waals surface area contributed by atoms with Crippen molar-refractivity contribution in [2.24, 2.45) is 0 Å². The number of amides is 1. The van der Waals surface area contributed by atoms with Crippen molar-refractivity contribution in [2.75, 3.05) is 17.2 Å². The zero-order valence-electron chi connectivity index (χ0n) is 11.6. The van der Waals surface area contributed by atoms with Gasteiger partial charge in [-0.3, -0.25) is 4.79 Å². The van der Waals surface area contributed by atoms with E-state index < -0.39 is 0 Å². The van der Waals surface area contributed by atoms with Crippen LogP contribution in [0.25, 0.3) is 0 Å². The molecule has 4 heteroatoms. The van der Waals surface area contributed by atoms with Crippen molar-refractivity contribution in [3.63, 3.8) is 0 Å². The first-order valence-electron chi connectivity index (χ1n) is 6.55. The summed E-state index contributed by atoms with van der Waals surface area (Å²) in [6.07, 6.45) is 0. The van der Waals surface area contributed by atoms with Crippen LogP contribution in [-0.4, -0.2) is 17.6 Å². The number of carbonyl (C=O) groups excluding carboxylic acids is 1. The van der Waals surface area contributed by atoms with Gasteiger partial charge in [-0.05, 0) is 38.1 Å². The molecule has 0 aliphatic rings. The Labute approximate surface area is 118 Å². The second kappa shape index (κ2) is 6.10. The van der Waals surface area contributed by atoms with Crippen molar-refractivity contribution in [3.05, 3.63) is 53.6 Å². The monoisotopic (exact) mass is 270 g/mol. The van der Waals surface area contributed by atoms with Crippen molar-refractivity contribution in [3.8, 4) is 5.75 Å². The smallest absolute Gasteiger partial charge is 0.255 e. The van der Waals surface area contributed by atoms with Crippen LogP contribution in [0.15, 0.2) is 42.5 Å². The Morgan fingerprint density at radius 1 is 1.15 bits per heavy atom. The highest BCUT2D eigenvalue weighted by Crippen LogP contribution is 2.27. The molecule has 2 aromatic carbocycles. The van der Waals surface area contributed by atoms with Crippen LogP contribution in [0.5, 0.6) is 5.75 Å². The minimum absolute atomic E-state index is 0.0453. The number of anilines is 2. The van der Waals surface area contributed by atoms with E-state index in [1.807, 2.05) is 32.0 Å². The summed E-state index contributed by atoms with van der Waals surface area (Å²) in [7, 11) is 0. The van der Waals surface area contributed by atoms with E-state index >= 15 is 0 Å². The maximum Gasteiger partial charge on any atom is 0.255 e. The maximum atomic E-state index is 12.1. The second-order valence-corrected chi connectivity index (χ2v) is 4.58. The van der Waals surface area contributed by atoms with Crippen LogP contribution in [0, 0.1) is 6.92 Å². The quantitative estimate of drug-likeness (QED) is 0.746. The van der Waals surface area contributed by atoms with Gasteiger partial charge < -0.3 is 15.7 Å². The highest BCUT2D eigenvalue weighted by molar-refractivity contribution is 6.05. The van der Waals surface area contributed by atoms with Gasteiger partial charge in [0.1, 0.15) is 5.75 Å². The van der Waals surface area contributed by atoms with Crippen molar-refractivity contribution in [1.82, 2.24) is 0 Å². The average molecular weight is 270 g/mol. The molecule has 0 unspecified atom stereocenters. The lowest BCUT2D eigenvalue weighted by Crippen LogP contribution is -2.12. The first-order valence-corrected chi connectivity index (χ1v) is 6.55. The fourth-order valence-electron chi connectivity index (χ4n) is 1.85. The average Bonchev–Trinajstić information content (AvgIpc) is 2.43. The summed E-state index contributed by atoms with van der Waals surface area (Å²) in [4.78, 5) is 12.1. The molecule has 0 radical (unpaired) electrons. The van der Waals surface area contributed by atoms with Gasteiger partial charge in [0, 0.05) is 23.9 Å². The van der Waals surface area contributed by atoms with E-state index in [0.29, 0.717) is 11.3 Å². The molecule has 0 bridgehead atoms. The second-order valence-electron chi connectivity index (χ2n) is 4.58. The summed E-state index contributed by atoms with van der Waals surface area (Å²) in [6.45, 7) is 4.71. The molecule has 2 aromatic rings. The first kappa shape index (κ1) is 13.9. The molecule has 0 atom stereocenters. The summed E-state index contributed by atoms with van der Waals surface area (Å²) in [5, 5.41) is 15.7. The molecule has 0 aromatic heterocycles. The number of nitrogens with one attached hydrogen (secondary N) is 2. The standard InChI is InChI=1S/C16H18N2O2/c1-3-17-13-8-9-14(15(19)10-13)18-16(20)12-6-4-11(2)5-7-12/h4-10,17,19H,3H2,1-2H3,(H,18,20). The molecule has 0 heterocycles. The third-order valence-electron chi connectivity index (χ3n) is 2.94.